The Kier molecular flexibility index (Phi) is 2.92. The van der Waals surface area contributed by atoms with Crippen LogP contribution in [0.25, 0.3) is 0 Å². The highest BCUT2D eigenvalue weighted by atomic mass is 32.2. The van der Waals surface area contributed by atoms with Crippen LogP contribution in [-0.4, -0.2) is 18.7 Å². The molecule has 0 saturated carbocycles. The van der Waals surface area contributed by atoms with Gasteiger partial charge in [0.15, 0.2) is 9.84 Å². The number of anilines is 1. The minimum atomic E-state index is -3.05. The van der Waals surface area contributed by atoms with E-state index in [4.69, 9.17) is 5.73 Å². The second-order valence-electron chi connectivity index (χ2n) is 3.02. The Bertz CT molecular complexity index is 381. The molecule has 0 atom stereocenters. The first-order valence-electron chi connectivity index (χ1n) is 3.83. The van der Waals surface area contributed by atoms with Crippen molar-refractivity contribution >= 4 is 27.0 Å². The van der Waals surface area contributed by atoms with Crippen molar-refractivity contribution in [3.8, 4) is 0 Å². The molecule has 13 heavy (non-hydrogen) atoms. The van der Waals surface area contributed by atoms with Gasteiger partial charge in [0.25, 0.3) is 0 Å². The second-order valence-corrected chi connectivity index (χ2v) is 6.52. The summed E-state index contributed by atoms with van der Waals surface area (Å²) in [4.78, 5) is 3.90. The monoisotopic (exact) mass is 220 g/mol. The standard InChI is InChI=1S/C7H12N2O2S2/c1-5(2)13(10,11)4-7-9-6(8)3-12-7/h3,5H,4,8H2,1-2H3. The Morgan fingerprint density at radius 2 is 2.23 bits per heavy atom. The number of sulfone groups is 1. The molecule has 0 saturated heterocycles. The van der Waals surface area contributed by atoms with Gasteiger partial charge in [-0.2, -0.15) is 0 Å². The summed E-state index contributed by atoms with van der Waals surface area (Å²) in [6, 6.07) is 0. The van der Waals surface area contributed by atoms with Crippen LogP contribution in [0.2, 0.25) is 0 Å². The Morgan fingerprint density at radius 3 is 2.62 bits per heavy atom. The molecule has 1 heterocycles. The SMILES string of the molecule is CC(C)S(=O)(=O)Cc1nc(N)cs1. The molecule has 1 aromatic rings. The second kappa shape index (κ2) is 3.63. The molecule has 0 aliphatic heterocycles. The van der Waals surface area contributed by atoms with Crippen molar-refractivity contribution in [3.63, 3.8) is 0 Å². The minimum Gasteiger partial charge on any atom is -0.383 e. The minimum absolute atomic E-state index is 0.00741. The summed E-state index contributed by atoms with van der Waals surface area (Å²) in [6.07, 6.45) is 0. The van der Waals surface area contributed by atoms with Gasteiger partial charge in [-0.05, 0) is 13.8 Å². The number of aromatic nitrogens is 1. The molecule has 0 amide bonds. The van der Waals surface area contributed by atoms with Crippen LogP contribution in [0.4, 0.5) is 5.82 Å². The van der Waals surface area contributed by atoms with Crippen LogP contribution in [0, 0.1) is 0 Å². The normalized spacial score (nSPS) is 12.2. The van der Waals surface area contributed by atoms with Gasteiger partial charge in [0, 0.05) is 5.38 Å². The molecule has 6 heteroatoms. The largest absolute Gasteiger partial charge is 0.383 e. The van der Waals surface area contributed by atoms with Crippen molar-refractivity contribution in [2.24, 2.45) is 0 Å². The molecular formula is C7H12N2O2S2. The highest BCUT2D eigenvalue weighted by Gasteiger charge is 2.18. The van der Waals surface area contributed by atoms with Crippen LogP contribution in [0.15, 0.2) is 5.38 Å². The first-order chi connectivity index (χ1) is 5.92. The van der Waals surface area contributed by atoms with Gasteiger partial charge in [0.1, 0.15) is 16.6 Å². The molecule has 1 aromatic heterocycles. The number of thiazole rings is 1. The maximum atomic E-state index is 11.4. The number of nitrogen functional groups attached to an aromatic ring is 1. The lowest BCUT2D eigenvalue weighted by Gasteiger charge is -2.04. The molecule has 0 fully saturated rings. The van der Waals surface area contributed by atoms with E-state index in [9.17, 15) is 8.42 Å². The van der Waals surface area contributed by atoms with Crippen LogP contribution in [0.3, 0.4) is 0 Å². The van der Waals surface area contributed by atoms with E-state index in [0.717, 1.165) is 0 Å². The third-order valence-corrected chi connectivity index (χ3v) is 4.77. The fourth-order valence-corrected chi connectivity index (χ4v) is 2.70. The average Bonchev–Trinajstić information content (AvgIpc) is 2.34. The van der Waals surface area contributed by atoms with Crippen LogP contribution < -0.4 is 5.73 Å². The van der Waals surface area contributed by atoms with Gasteiger partial charge < -0.3 is 5.73 Å². The molecule has 0 bridgehead atoms. The molecule has 0 unspecified atom stereocenters. The molecule has 0 aromatic carbocycles. The zero-order chi connectivity index (χ0) is 10.1. The van der Waals surface area contributed by atoms with Crippen molar-refractivity contribution in [1.82, 2.24) is 4.98 Å². The van der Waals surface area contributed by atoms with E-state index >= 15 is 0 Å². The van der Waals surface area contributed by atoms with Crippen molar-refractivity contribution in [1.29, 1.82) is 0 Å². The van der Waals surface area contributed by atoms with E-state index in [-0.39, 0.29) is 11.0 Å². The van der Waals surface area contributed by atoms with Crippen molar-refractivity contribution in [2.75, 3.05) is 5.73 Å². The van der Waals surface area contributed by atoms with Gasteiger partial charge >= 0.3 is 0 Å². The number of nitrogens with two attached hydrogens (primary N) is 1. The van der Waals surface area contributed by atoms with Gasteiger partial charge in [0.2, 0.25) is 0 Å². The van der Waals surface area contributed by atoms with Crippen LogP contribution >= 0.6 is 11.3 Å². The summed E-state index contributed by atoms with van der Waals surface area (Å²) in [6.45, 7) is 3.32. The number of rotatable bonds is 3. The molecule has 2 N–H and O–H groups in total. The third kappa shape index (κ3) is 2.67. The zero-order valence-electron chi connectivity index (χ0n) is 7.52. The fourth-order valence-electron chi connectivity index (χ4n) is 0.730. The molecular weight excluding hydrogens is 208 g/mol. The van der Waals surface area contributed by atoms with E-state index in [1.165, 1.54) is 11.3 Å². The third-order valence-electron chi connectivity index (χ3n) is 1.61. The predicted molar refractivity (Wildman–Crippen MR) is 54.3 cm³/mol. The summed E-state index contributed by atoms with van der Waals surface area (Å²) in [5, 5.41) is 1.84. The zero-order valence-corrected chi connectivity index (χ0v) is 9.15. The topological polar surface area (TPSA) is 73.0 Å². The maximum absolute atomic E-state index is 11.4. The Balaban J connectivity index is 2.81. The van der Waals surface area contributed by atoms with E-state index in [1.54, 1.807) is 19.2 Å². The highest BCUT2D eigenvalue weighted by Crippen LogP contribution is 2.16. The van der Waals surface area contributed by atoms with E-state index in [1.807, 2.05) is 0 Å². The lowest BCUT2D eigenvalue weighted by molar-refractivity contribution is 0.586. The lowest BCUT2D eigenvalue weighted by Crippen LogP contribution is -2.15. The summed E-state index contributed by atoms with van der Waals surface area (Å²) in [5.74, 6) is 0.381. The maximum Gasteiger partial charge on any atom is 0.159 e. The van der Waals surface area contributed by atoms with Crippen LogP contribution in [-0.2, 0) is 15.6 Å². The molecule has 1 rings (SSSR count). The smallest absolute Gasteiger partial charge is 0.159 e. The molecule has 0 spiro atoms. The summed E-state index contributed by atoms with van der Waals surface area (Å²) in [7, 11) is -3.05. The van der Waals surface area contributed by atoms with Crippen molar-refractivity contribution in [3.05, 3.63) is 10.4 Å². The number of nitrogens with zero attached hydrogens (tertiary/aromatic N) is 1. The Hall–Kier alpha value is -0.620. The van der Waals surface area contributed by atoms with E-state index in [0.29, 0.717) is 10.8 Å². The van der Waals surface area contributed by atoms with Gasteiger partial charge in [0.05, 0.1) is 5.25 Å². The van der Waals surface area contributed by atoms with Crippen LogP contribution in [0.1, 0.15) is 18.9 Å². The van der Waals surface area contributed by atoms with E-state index in [2.05, 4.69) is 4.98 Å². The van der Waals surface area contributed by atoms with Gasteiger partial charge in [-0.1, -0.05) is 0 Å². The number of hydrogen-bond donors (Lipinski definition) is 1. The Labute approximate surface area is 81.7 Å². The molecule has 74 valence electrons. The average molecular weight is 220 g/mol. The molecule has 0 radical (unpaired) electrons. The summed E-state index contributed by atoms with van der Waals surface area (Å²) in [5.41, 5.74) is 5.38. The van der Waals surface area contributed by atoms with Crippen molar-refractivity contribution < 1.29 is 8.42 Å². The number of hydrogen-bond acceptors (Lipinski definition) is 5. The fraction of sp³-hybridized carbons (Fsp3) is 0.571. The van der Waals surface area contributed by atoms with Crippen molar-refractivity contribution in [2.45, 2.75) is 24.9 Å². The highest BCUT2D eigenvalue weighted by molar-refractivity contribution is 7.91. The molecule has 0 aliphatic carbocycles. The Morgan fingerprint density at radius 1 is 1.62 bits per heavy atom. The first-order valence-corrected chi connectivity index (χ1v) is 6.43. The van der Waals surface area contributed by atoms with Gasteiger partial charge in [-0.15, -0.1) is 11.3 Å². The van der Waals surface area contributed by atoms with E-state index < -0.39 is 9.84 Å². The molecule has 4 nitrogen and oxygen atoms in total. The summed E-state index contributed by atoms with van der Waals surface area (Å²) < 4.78 is 22.9. The van der Waals surface area contributed by atoms with Gasteiger partial charge in [-0.25, -0.2) is 13.4 Å². The van der Waals surface area contributed by atoms with Gasteiger partial charge in [-0.3, -0.25) is 0 Å². The molecule has 0 aliphatic rings. The van der Waals surface area contributed by atoms with Crippen LogP contribution in [0.5, 0.6) is 0 Å². The lowest BCUT2D eigenvalue weighted by atomic mass is 10.6. The summed E-state index contributed by atoms with van der Waals surface area (Å²) >= 11 is 1.28. The first kappa shape index (κ1) is 10.5. The quantitative estimate of drug-likeness (QED) is 0.826. The predicted octanol–water partition coefficient (Wildman–Crippen LogP) is 1.05.